The Kier molecular flexibility index (Phi) is 5.16. The van der Waals surface area contributed by atoms with E-state index in [2.05, 4.69) is 17.2 Å². The normalized spacial score (nSPS) is 10.9. The molecule has 0 bridgehead atoms. The van der Waals surface area contributed by atoms with Gasteiger partial charge in [0.1, 0.15) is 5.82 Å². The van der Waals surface area contributed by atoms with Crippen molar-refractivity contribution in [1.82, 2.24) is 9.55 Å². The molecule has 0 aliphatic rings. The summed E-state index contributed by atoms with van der Waals surface area (Å²) in [6.45, 7) is 5.81. The average molecular weight is 349 g/mol. The lowest BCUT2D eigenvalue weighted by Gasteiger charge is -2.14. The Balaban J connectivity index is 1.98. The van der Waals surface area contributed by atoms with Gasteiger partial charge < -0.3 is 5.32 Å². The number of para-hydroxylation sites is 1. The molecule has 0 unspecified atom stereocenters. The number of amides is 1. The molecular formula is C21H23N3O2. The van der Waals surface area contributed by atoms with Crippen molar-refractivity contribution in [2.45, 2.75) is 40.0 Å². The van der Waals surface area contributed by atoms with E-state index in [0.29, 0.717) is 23.1 Å². The Morgan fingerprint density at radius 1 is 1.15 bits per heavy atom. The van der Waals surface area contributed by atoms with Crippen molar-refractivity contribution in [2.24, 2.45) is 0 Å². The van der Waals surface area contributed by atoms with Gasteiger partial charge in [-0.15, -0.1) is 0 Å². The molecule has 5 nitrogen and oxygen atoms in total. The summed E-state index contributed by atoms with van der Waals surface area (Å²) in [5.74, 6) is 0.649. The smallest absolute Gasteiger partial charge is 0.265 e. The first kappa shape index (κ1) is 17.9. The fraction of sp³-hybridized carbons (Fsp3) is 0.286. The van der Waals surface area contributed by atoms with Gasteiger partial charge in [-0.1, -0.05) is 25.5 Å². The lowest BCUT2D eigenvalue weighted by Crippen LogP contribution is -2.22. The molecule has 1 N–H and O–H groups in total. The minimum Gasteiger partial charge on any atom is -0.326 e. The summed E-state index contributed by atoms with van der Waals surface area (Å²) in [5, 5.41) is 3.53. The highest BCUT2D eigenvalue weighted by Crippen LogP contribution is 2.20. The maximum absolute atomic E-state index is 12.9. The van der Waals surface area contributed by atoms with Gasteiger partial charge in [-0.25, -0.2) is 4.98 Å². The predicted octanol–water partition coefficient (Wildman–Crippen LogP) is 4.13. The number of rotatable bonds is 5. The van der Waals surface area contributed by atoms with Crippen LogP contribution in [0.15, 0.2) is 47.3 Å². The quantitative estimate of drug-likeness (QED) is 0.753. The van der Waals surface area contributed by atoms with Crippen molar-refractivity contribution in [3.8, 4) is 5.69 Å². The van der Waals surface area contributed by atoms with Crippen LogP contribution in [0.3, 0.4) is 0 Å². The van der Waals surface area contributed by atoms with Crippen LogP contribution in [0.4, 0.5) is 5.69 Å². The van der Waals surface area contributed by atoms with Gasteiger partial charge in [0.05, 0.1) is 16.6 Å². The molecule has 0 spiro atoms. The first-order chi connectivity index (χ1) is 12.5. The molecule has 0 radical (unpaired) electrons. The van der Waals surface area contributed by atoms with Crippen LogP contribution in [-0.2, 0) is 4.79 Å². The number of nitrogens with zero attached hydrogens (tertiary/aromatic N) is 2. The van der Waals surface area contributed by atoms with Gasteiger partial charge in [-0.2, -0.15) is 0 Å². The van der Waals surface area contributed by atoms with E-state index < -0.39 is 0 Å². The summed E-state index contributed by atoms with van der Waals surface area (Å²) in [6, 6.07) is 12.9. The Hall–Kier alpha value is -2.95. The van der Waals surface area contributed by atoms with E-state index in [1.807, 2.05) is 50.2 Å². The Labute approximate surface area is 152 Å². The molecule has 0 fully saturated rings. The third kappa shape index (κ3) is 3.52. The molecule has 0 saturated heterocycles. The molecule has 1 aromatic heterocycles. The zero-order chi connectivity index (χ0) is 18.7. The van der Waals surface area contributed by atoms with E-state index in [4.69, 9.17) is 0 Å². The minimum absolute atomic E-state index is 0.0171. The van der Waals surface area contributed by atoms with Crippen molar-refractivity contribution in [1.29, 1.82) is 0 Å². The number of aryl methyl sites for hydroxylation is 2. The number of hydrogen-bond acceptors (Lipinski definition) is 3. The van der Waals surface area contributed by atoms with Crippen LogP contribution in [0.5, 0.6) is 0 Å². The van der Waals surface area contributed by atoms with E-state index in [9.17, 15) is 9.59 Å². The number of fused-ring (bicyclic) bond motifs is 1. The molecule has 0 aliphatic heterocycles. The Bertz CT molecular complexity index is 1020. The Morgan fingerprint density at radius 2 is 1.92 bits per heavy atom. The van der Waals surface area contributed by atoms with Gasteiger partial charge in [0, 0.05) is 12.1 Å². The van der Waals surface area contributed by atoms with Crippen molar-refractivity contribution in [2.75, 3.05) is 5.32 Å². The average Bonchev–Trinajstić information content (AvgIpc) is 2.62. The number of unbranched alkanes of at least 4 members (excludes halogenated alkanes) is 1. The fourth-order valence-electron chi connectivity index (χ4n) is 3.03. The van der Waals surface area contributed by atoms with E-state index in [-0.39, 0.29) is 11.5 Å². The summed E-state index contributed by atoms with van der Waals surface area (Å²) in [4.78, 5) is 29.4. The third-order valence-electron chi connectivity index (χ3n) is 4.44. The second-order valence-electron chi connectivity index (χ2n) is 6.47. The predicted molar refractivity (Wildman–Crippen MR) is 105 cm³/mol. The highest BCUT2D eigenvalue weighted by Gasteiger charge is 2.11. The third-order valence-corrected chi connectivity index (χ3v) is 4.44. The first-order valence-electron chi connectivity index (χ1n) is 8.90. The topological polar surface area (TPSA) is 64.0 Å². The van der Waals surface area contributed by atoms with Crippen molar-refractivity contribution >= 4 is 22.5 Å². The van der Waals surface area contributed by atoms with E-state index in [0.717, 1.165) is 29.8 Å². The van der Waals surface area contributed by atoms with E-state index in [1.54, 1.807) is 10.6 Å². The lowest BCUT2D eigenvalue weighted by atomic mass is 10.1. The monoisotopic (exact) mass is 349 g/mol. The molecule has 0 saturated carbocycles. The molecule has 1 heterocycles. The van der Waals surface area contributed by atoms with Crippen molar-refractivity contribution in [3.63, 3.8) is 0 Å². The van der Waals surface area contributed by atoms with E-state index >= 15 is 0 Å². The van der Waals surface area contributed by atoms with Crippen LogP contribution < -0.4 is 10.9 Å². The maximum Gasteiger partial charge on any atom is 0.265 e. The lowest BCUT2D eigenvalue weighted by molar-refractivity contribution is -0.116. The fourth-order valence-corrected chi connectivity index (χ4v) is 3.03. The summed E-state index contributed by atoms with van der Waals surface area (Å²) in [6.07, 6.45) is 2.38. The molecule has 134 valence electrons. The van der Waals surface area contributed by atoms with Gasteiger partial charge in [0.15, 0.2) is 0 Å². The summed E-state index contributed by atoms with van der Waals surface area (Å²) in [7, 11) is 0. The molecule has 0 aliphatic carbocycles. The standard InChI is InChI=1S/C21H23N3O2/c1-4-5-10-20(25)23-18-12-11-16(13-14(18)2)24-15(3)22-19-9-7-6-8-17(19)21(24)26/h6-9,11-13H,4-5,10H2,1-3H3,(H,23,25). The van der Waals surface area contributed by atoms with Crippen molar-refractivity contribution < 1.29 is 4.79 Å². The van der Waals surface area contributed by atoms with Gasteiger partial charge in [0.2, 0.25) is 5.91 Å². The van der Waals surface area contributed by atoms with Crippen LogP contribution in [-0.4, -0.2) is 15.5 Å². The van der Waals surface area contributed by atoms with Crippen LogP contribution in [0.2, 0.25) is 0 Å². The summed E-state index contributed by atoms with van der Waals surface area (Å²) >= 11 is 0. The van der Waals surface area contributed by atoms with Gasteiger partial charge >= 0.3 is 0 Å². The second kappa shape index (κ2) is 7.52. The second-order valence-corrected chi connectivity index (χ2v) is 6.47. The van der Waals surface area contributed by atoms with Crippen LogP contribution >= 0.6 is 0 Å². The number of carbonyl (C=O) groups is 1. The molecule has 26 heavy (non-hydrogen) atoms. The first-order valence-corrected chi connectivity index (χ1v) is 8.90. The number of carbonyl (C=O) groups excluding carboxylic acids is 1. The molecular weight excluding hydrogens is 326 g/mol. The molecule has 1 amide bonds. The van der Waals surface area contributed by atoms with Gasteiger partial charge in [0.25, 0.3) is 5.56 Å². The highest BCUT2D eigenvalue weighted by atomic mass is 16.1. The van der Waals surface area contributed by atoms with Crippen LogP contribution in [0.1, 0.15) is 37.6 Å². The number of hydrogen-bond donors (Lipinski definition) is 1. The van der Waals surface area contributed by atoms with Crippen molar-refractivity contribution in [3.05, 3.63) is 64.2 Å². The summed E-state index contributed by atoms with van der Waals surface area (Å²) < 4.78 is 1.61. The largest absolute Gasteiger partial charge is 0.326 e. The maximum atomic E-state index is 12.9. The number of aromatic nitrogens is 2. The van der Waals surface area contributed by atoms with E-state index in [1.165, 1.54) is 0 Å². The number of anilines is 1. The van der Waals surface area contributed by atoms with Crippen LogP contribution in [0.25, 0.3) is 16.6 Å². The van der Waals surface area contributed by atoms with Gasteiger partial charge in [-0.3, -0.25) is 14.2 Å². The molecule has 5 heteroatoms. The molecule has 3 aromatic rings. The molecule has 2 aromatic carbocycles. The zero-order valence-corrected chi connectivity index (χ0v) is 15.4. The SMILES string of the molecule is CCCCC(=O)Nc1ccc(-n2c(C)nc3ccccc3c2=O)cc1C. The Morgan fingerprint density at radius 3 is 2.65 bits per heavy atom. The minimum atomic E-state index is -0.0905. The number of nitrogens with one attached hydrogen (secondary N) is 1. The zero-order valence-electron chi connectivity index (χ0n) is 15.4. The summed E-state index contributed by atoms with van der Waals surface area (Å²) in [5.41, 5.74) is 3.03. The number of benzene rings is 2. The molecule has 0 atom stereocenters. The van der Waals surface area contributed by atoms with Crippen LogP contribution in [0, 0.1) is 13.8 Å². The van der Waals surface area contributed by atoms with Gasteiger partial charge in [-0.05, 0) is 56.2 Å². The highest BCUT2D eigenvalue weighted by molar-refractivity contribution is 5.91. The molecule has 3 rings (SSSR count).